The van der Waals surface area contributed by atoms with Crippen molar-refractivity contribution in [1.29, 1.82) is 0 Å². The largest absolute Gasteiger partial charge is 0.244 e. The van der Waals surface area contributed by atoms with Crippen molar-refractivity contribution in [2.24, 2.45) is 0 Å². The minimum atomic E-state index is 1.23. The van der Waals surface area contributed by atoms with Gasteiger partial charge in [-0.3, -0.25) is 0 Å². The van der Waals surface area contributed by atoms with Crippen LogP contribution in [0.4, 0.5) is 0 Å². The molecular weight excluding hydrogens is 76.1 g/mol. The molecule has 1 aliphatic heterocycles. The fraction of sp³-hybridized carbons (Fsp3) is 1.00. The van der Waals surface area contributed by atoms with Crippen LogP contribution in [0.2, 0.25) is 0 Å². The van der Waals surface area contributed by atoms with Crippen molar-refractivity contribution in [2.75, 3.05) is 27.2 Å². The molecule has 1 fully saturated rings. The second-order valence-electron chi connectivity index (χ2n) is 1.76. The Morgan fingerprint density at radius 3 is 1.33 bits per heavy atom. The van der Waals surface area contributed by atoms with Gasteiger partial charge in [0.05, 0.1) is 0 Å². The third-order valence-electron chi connectivity index (χ3n) is 1.33. The van der Waals surface area contributed by atoms with E-state index in [1.807, 2.05) is 0 Å². The Labute approximate surface area is 38.3 Å². The van der Waals surface area contributed by atoms with E-state index in [1.165, 1.54) is 13.1 Å². The van der Waals surface area contributed by atoms with Gasteiger partial charge < -0.3 is 0 Å². The maximum absolute atomic E-state index is 2.18. The van der Waals surface area contributed by atoms with E-state index in [0.29, 0.717) is 0 Å². The van der Waals surface area contributed by atoms with Crippen molar-refractivity contribution in [3.05, 3.63) is 0 Å². The third-order valence-corrected chi connectivity index (χ3v) is 1.33. The summed E-state index contributed by atoms with van der Waals surface area (Å²) in [6.45, 7) is 2.47. The molecule has 1 aliphatic rings. The molecule has 0 amide bonds. The van der Waals surface area contributed by atoms with Crippen LogP contribution in [-0.4, -0.2) is 37.2 Å². The first kappa shape index (κ1) is 4.09. The summed E-state index contributed by atoms with van der Waals surface area (Å²) in [5, 5.41) is 4.36. The Hall–Kier alpha value is -0.0800. The average Bonchev–Trinajstić information content (AvgIpc) is 1.61. The van der Waals surface area contributed by atoms with Crippen molar-refractivity contribution < 1.29 is 0 Å². The van der Waals surface area contributed by atoms with Crippen LogP contribution in [0.25, 0.3) is 0 Å². The SMILES string of the molecule is CN1CCN1C. The fourth-order valence-corrected chi connectivity index (χ4v) is 0.500. The lowest BCUT2D eigenvalue weighted by molar-refractivity contribution is -0.0645. The zero-order valence-electron chi connectivity index (χ0n) is 4.31. The molecule has 6 heavy (non-hydrogen) atoms. The quantitative estimate of drug-likeness (QED) is 0.402. The molecule has 0 radical (unpaired) electrons. The molecule has 1 rings (SSSR count). The molecule has 0 bridgehead atoms. The molecule has 0 aromatic heterocycles. The van der Waals surface area contributed by atoms with Gasteiger partial charge in [0.25, 0.3) is 0 Å². The van der Waals surface area contributed by atoms with Gasteiger partial charge >= 0.3 is 0 Å². The molecule has 0 atom stereocenters. The van der Waals surface area contributed by atoms with Crippen LogP contribution in [0.15, 0.2) is 0 Å². The van der Waals surface area contributed by atoms with Gasteiger partial charge in [0.1, 0.15) is 0 Å². The van der Waals surface area contributed by atoms with Crippen LogP contribution in [-0.2, 0) is 0 Å². The summed E-state index contributed by atoms with van der Waals surface area (Å²) < 4.78 is 0. The first-order valence-corrected chi connectivity index (χ1v) is 2.23. The second kappa shape index (κ2) is 1.21. The van der Waals surface area contributed by atoms with Crippen LogP contribution in [0.3, 0.4) is 0 Å². The summed E-state index contributed by atoms with van der Waals surface area (Å²) in [6, 6.07) is 0. The molecule has 0 saturated carbocycles. The summed E-state index contributed by atoms with van der Waals surface area (Å²) in [7, 11) is 4.17. The van der Waals surface area contributed by atoms with Gasteiger partial charge in [-0.1, -0.05) is 0 Å². The molecule has 0 N–H and O–H groups in total. The zero-order chi connectivity index (χ0) is 4.57. The highest BCUT2D eigenvalue weighted by Crippen LogP contribution is 1.98. The molecular formula is C4H10N2. The molecule has 1 saturated heterocycles. The Balaban J connectivity index is 2.20. The van der Waals surface area contributed by atoms with E-state index in [-0.39, 0.29) is 0 Å². The summed E-state index contributed by atoms with van der Waals surface area (Å²) in [6.07, 6.45) is 0. The molecule has 36 valence electrons. The number of hydrogen-bond acceptors (Lipinski definition) is 2. The summed E-state index contributed by atoms with van der Waals surface area (Å²) in [5.74, 6) is 0. The number of likely N-dealkylation sites (N-methyl/N-ethyl adjacent to an activating group) is 2. The standard InChI is InChI=1S/C4H10N2/c1-5-3-4-6(5)2/h3-4H2,1-2H3. The van der Waals surface area contributed by atoms with Gasteiger partial charge in [0, 0.05) is 27.2 Å². The summed E-state index contributed by atoms with van der Waals surface area (Å²) in [5.41, 5.74) is 0. The van der Waals surface area contributed by atoms with Crippen LogP contribution in [0, 0.1) is 0 Å². The van der Waals surface area contributed by atoms with Gasteiger partial charge in [-0.2, -0.15) is 0 Å². The average molecular weight is 86.1 g/mol. The van der Waals surface area contributed by atoms with E-state index < -0.39 is 0 Å². The predicted molar refractivity (Wildman–Crippen MR) is 25.3 cm³/mol. The van der Waals surface area contributed by atoms with E-state index in [1.54, 1.807) is 0 Å². The highest BCUT2D eigenvalue weighted by Gasteiger charge is 2.13. The molecule has 0 spiro atoms. The lowest BCUT2D eigenvalue weighted by atomic mass is 10.5. The number of hydrazine groups is 1. The first-order valence-electron chi connectivity index (χ1n) is 2.23. The topological polar surface area (TPSA) is 6.48 Å². The van der Waals surface area contributed by atoms with Gasteiger partial charge in [-0.15, -0.1) is 0 Å². The smallest absolute Gasteiger partial charge is 0.0272 e. The summed E-state index contributed by atoms with van der Waals surface area (Å²) >= 11 is 0. The van der Waals surface area contributed by atoms with Gasteiger partial charge in [0.2, 0.25) is 0 Å². The minimum Gasteiger partial charge on any atom is -0.244 e. The fourth-order valence-electron chi connectivity index (χ4n) is 0.500. The zero-order valence-corrected chi connectivity index (χ0v) is 4.31. The Bertz CT molecular complexity index is 45.5. The monoisotopic (exact) mass is 86.1 g/mol. The van der Waals surface area contributed by atoms with Gasteiger partial charge in [0.15, 0.2) is 0 Å². The lowest BCUT2D eigenvalue weighted by Crippen LogP contribution is -2.51. The third kappa shape index (κ3) is 0.420. The van der Waals surface area contributed by atoms with E-state index in [0.717, 1.165) is 0 Å². The molecule has 2 nitrogen and oxygen atoms in total. The summed E-state index contributed by atoms with van der Waals surface area (Å²) in [4.78, 5) is 0. The van der Waals surface area contributed by atoms with E-state index in [2.05, 4.69) is 24.1 Å². The highest BCUT2D eigenvalue weighted by molar-refractivity contribution is 4.59. The Morgan fingerprint density at radius 2 is 1.33 bits per heavy atom. The predicted octanol–water partition coefficient (Wildman–Crippen LogP) is -0.221. The number of hydrogen-bond donors (Lipinski definition) is 0. The molecule has 2 heteroatoms. The van der Waals surface area contributed by atoms with Gasteiger partial charge in [-0.05, 0) is 0 Å². The van der Waals surface area contributed by atoms with Crippen LogP contribution in [0.1, 0.15) is 0 Å². The first-order chi connectivity index (χ1) is 2.80. The maximum atomic E-state index is 2.18. The maximum Gasteiger partial charge on any atom is 0.0272 e. The second-order valence-corrected chi connectivity index (χ2v) is 1.76. The van der Waals surface area contributed by atoms with Crippen molar-refractivity contribution in [1.82, 2.24) is 10.0 Å². The Morgan fingerprint density at radius 1 is 1.00 bits per heavy atom. The van der Waals surface area contributed by atoms with E-state index in [4.69, 9.17) is 0 Å². The van der Waals surface area contributed by atoms with Crippen LogP contribution < -0.4 is 0 Å². The van der Waals surface area contributed by atoms with Crippen LogP contribution in [0.5, 0.6) is 0 Å². The normalized spacial score (nSPS) is 27.0. The van der Waals surface area contributed by atoms with E-state index >= 15 is 0 Å². The molecule has 0 aromatic carbocycles. The highest BCUT2D eigenvalue weighted by atomic mass is 15.7. The van der Waals surface area contributed by atoms with E-state index in [9.17, 15) is 0 Å². The molecule has 0 unspecified atom stereocenters. The van der Waals surface area contributed by atoms with Crippen molar-refractivity contribution in [3.8, 4) is 0 Å². The molecule has 0 aliphatic carbocycles. The van der Waals surface area contributed by atoms with Crippen molar-refractivity contribution in [2.45, 2.75) is 0 Å². The lowest BCUT2D eigenvalue weighted by Gasteiger charge is -2.38. The number of rotatable bonds is 0. The molecule has 0 aromatic rings. The minimum absolute atomic E-state index is 1.23. The Kier molecular flexibility index (Phi) is 0.821. The van der Waals surface area contributed by atoms with Crippen LogP contribution >= 0.6 is 0 Å². The van der Waals surface area contributed by atoms with Crippen molar-refractivity contribution >= 4 is 0 Å². The van der Waals surface area contributed by atoms with Gasteiger partial charge in [-0.25, -0.2) is 10.0 Å². The number of nitrogens with zero attached hydrogens (tertiary/aromatic N) is 2. The molecule has 1 heterocycles. The van der Waals surface area contributed by atoms with Crippen molar-refractivity contribution in [3.63, 3.8) is 0 Å².